The fraction of sp³-hybridized carbons (Fsp3) is 0.750. The molecule has 0 amide bonds. The lowest BCUT2D eigenvalue weighted by Gasteiger charge is -2.43. The SMILES string of the molecule is Cc1csc(CC2(CC(C)C)CNC2)n1. The maximum absolute atomic E-state index is 4.58. The highest BCUT2D eigenvalue weighted by molar-refractivity contribution is 7.09. The molecule has 0 atom stereocenters. The van der Waals surface area contributed by atoms with Gasteiger partial charge in [0.25, 0.3) is 0 Å². The maximum Gasteiger partial charge on any atom is 0.0934 e. The largest absolute Gasteiger partial charge is 0.316 e. The fourth-order valence-electron chi connectivity index (χ4n) is 2.49. The van der Waals surface area contributed by atoms with Gasteiger partial charge in [-0.1, -0.05) is 13.8 Å². The molecule has 2 rings (SSSR count). The average molecular weight is 224 g/mol. The lowest BCUT2D eigenvalue weighted by molar-refractivity contribution is 0.131. The van der Waals surface area contributed by atoms with Crippen LogP contribution < -0.4 is 5.32 Å². The summed E-state index contributed by atoms with van der Waals surface area (Å²) in [6, 6.07) is 0. The summed E-state index contributed by atoms with van der Waals surface area (Å²) in [5.74, 6) is 0.785. The molecular weight excluding hydrogens is 204 g/mol. The second-order valence-corrected chi connectivity index (χ2v) is 6.20. The first-order valence-electron chi connectivity index (χ1n) is 5.71. The molecule has 1 aromatic rings. The molecule has 84 valence electrons. The van der Waals surface area contributed by atoms with Crippen LogP contribution in [0, 0.1) is 18.3 Å². The van der Waals surface area contributed by atoms with Crippen molar-refractivity contribution in [2.24, 2.45) is 11.3 Å². The minimum atomic E-state index is 0.498. The monoisotopic (exact) mass is 224 g/mol. The van der Waals surface area contributed by atoms with E-state index in [1.807, 2.05) is 11.3 Å². The first-order chi connectivity index (χ1) is 7.10. The number of thiazole rings is 1. The molecule has 0 bridgehead atoms. The molecule has 1 fully saturated rings. The van der Waals surface area contributed by atoms with E-state index in [0.29, 0.717) is 5.41 Å². The van der Waals surface area contributed by atoms with E-state index in [1.165, 1.54) is 30.2 Å². The first kappa shape index (κ1) is 11.1. The van der Waals surface area contributed by atoms with Crippen LogP contribution in [0.25, 0.3) is 0 Å². The second kappa shape index (κ2) is 4.22. The number of aryl methyl sites for hydroxylation is 1. The number of nitrogens with zero attached hydrogens (tertiary/aromatic N) is 1. The molecule has 2 heterocycles. The Balaban J connectivity index is 2.01. The lowest BCUT2D eigenvalue weighted by Crippen LogP contribution is -2.55. The predicted octanol–water partition coefficient (Wildman–Crippen LogP) is 2.63. The van der Waals surface area contributed by atoms with Gasteiger partial charge in [0.05, 0.1) is 5.01 Å². The van der Waals surface area contributed by atoms with Gasteiger partial charge in [-0.3, -0.25) is 0 Å². The minimum Gasteiger partial charge on any atom is -0.316 e. The Morgan fingerprint density at radius 3 is 2.67 bits per heavy atom. The average Bonchev–Trinajstić information content (AvgIpc) is 2.46. The van der Waals surface area contributed by atoms with Crippen LogP contribution in [-0.4, -0.2) is 18.1 Å². The number of nitrogens with one attached hydrogen (secondary N) is 1. The Labute approximate surface area is 96.1 Å². The van der Waals surface area contributed by atoms with Crippen LogP contribution in [-0.2, 0) is 6.42 Å². The molecule has 2 nitrogen and oxygen atoms in total. The number of aromatic nitrogens is 1. The van der Waals surface area contributed by atoms with Crippen molar-refractivity contribution < 1.29 is 0 Å². The highest BCUT2D eigenvalue weighted by Crippen LogP contribution is 2.35. The minimum absolute atomic E-state index is 0.498. The summed E-state index contributed by atoms with van der Waals surface area (Å²) < 4.78 is 0. The van der Waals surface area contributed by atoms with Crippen molar-refractivity contribution in [1.29, 1.82) is 0 Å². The summed E-state index contributed by atoms with van der Waals surface area (Å²) in [5, 5.41) is 6.88. The summed E-state index contributed by atoms with van der Waals surface area (Å²) in [5.41, 5.74) is 1.67. The lowest BCUT2D eigenvalue weighted by atomic mass is 9.73. The Bertz CT molecular complexity index is 326. The quantitative estimate of drug-likeness (QED) is 0.850. The molecular formula is C12H20N2S. The Hall–Kier alpha value is -0.410. The van der Waals surface area contributed by atoms with Gasteiger partial charge in [0.1, 0.15) is 0 Å². The molecule has 0 spiro atoms. The molecule has 1 aliphatic rings. The Morgan fingerprint density at radius 1 is 1.53 bits per heavy atom. The maximum atomic E-state index is 4.58. The second-order valence-electron chi connectivity index (χ2n) is 5.26. The zero-order valence-electron chi connectivity index (χ0n) is 9.84. The predicted molar refractivity (Wildman–Crippen MR) is 65.3 cm³/mol. The summed E-state index contributed by atoms with van der Waals surface area (Å²) in [4.78, 5) is 4.58. The van der Waals surface area contributed by atoms with Gasteiger partial charge in [-0.25, -0.2) is 4.98 Å². The molecule has 1 N–H and O–H groups in total. The molecule has 0 radical (unpaired) electrons. The Morgan fingerprint density at radius 2 is 2.27 bits per heavy atom. The van der Waals surface area contributed by atoms with Crippen LogP contribution in [0.5, 0.6) is 0 Å². The molecule has 1 aliphatic heterocycles. The molecule has 0 aromatic carbocycles. The Kier molecular flexibility index (Phi) is 3.12. The van der Waals surface area contributed by atoms with Crippen LogP contribution in [0.1, 0.15) is 31.0 Å². The van der Waals surface area contributed by atoms with E-state index in [1.54, 1.807) is 0 Å². The van der Waals surface area contributed by atoms with Crippen LogP contribution in [0.4, 0.5) is 0 Å². The third-order valence-electron chi connectivity index (χ3n) is 3.03. The summed E-state index contributed by atoms with van der Waals surface area (Å²) in [6.45, 7) is 9.04. The van der Waals surface area contributed by atoms with E-state index in [0.717, 1.165) is 12.3 Å². The van der Waals surface area contributed by atoms with Gasteiger partial charge in [0.15, 0.2) is 0 Å². The van der Waals surface area contributed by atoms with Gasteiger partial charge in [-0.15, -0.1) is 11.3 Å². The van der Waals surface area contributed by atoms with E-state index in [4.69, 9.17) is 0 Å². The first-order valence-corrected chi connectivity index (χ1v) is 6.59. The highest BCUT2D eigenvalue weighted by atomic mass is 32.1. The van der Waals surface area contributed by atoms with Gasteiger partial charge in [-0.2, -0.15) is 0 Å². The molecule has 3 heteroatoms. The van der Waals surface area contributed by atoms with E-state index in [9.17, 15) is 0 Å². The highest BCUT2D eigenvalue weighted by Gasteiger charge is 2.38. The van der Waals surface area contributed by atoms with E-state index < -0.39 is 0 Å². The van der Waals surface area contributed by atoms with Crippen LogP contribution >= 0.6 is 11.3 Å². The third kappa shape index (κ3) is 2.58. The van der Waals surface area contributed by atoms with Gasteiger partial charge < -0.3 is 5.32 Å². The topological polar surface area (TPSA) is 24.9 Å². The van der Waals surface area contributed by atoms with Crippen molar-refractivity contribution in [3.8, 4) is 0 Å². The van der Waals surface area contributed by atoms with Crippen molar-refractivity contribution in [3.05, 3.63) is 16.1 Å². The van der Waals surface area contributed by atoms with Gasteiger partial charge >= 0.3 is 0 Å². The fourth-order valence-corrected chi connectivity index (χ4v) is 3.44. The smallest absolute Gasteiger partial charge is 0.0934 e. The molecule has 1 saturated heterocycles. The van der Waals surface area contributed by atoms with E-state index in [-0.39, 0.29) is 0 Å². The van der Waals surface area contributed by atoms with E-state index in [2.05, 4.69) is 36.5 Å². The number of hydrogen-bond acceptors (Lipinski definition) is 3. The van der Waals surface area contributed by atoms with E-state index >= 15 is 0 Å². The van der Waals surface area contributed by atoms with Crippen LogP contribution in [0.2, 0.25) is 0 Å². The molecule has 15 heavy (non-hydrogen) atoms. The zero-order valence-corrected chi connectivity index (χ0v) is 10.7. The van der Waals surface area contributed by atoms with Crippen LogP contribution in [0.15, 0.2) is 5.38 Å². The van der Waals surface area contributed by atoms with Gasteiger partial charge in [0, 0.05) is 36.0 Å². The van der Waals surface area contributed by atoms with Crippen molar-refractivity contribution in [2.45, 2.75) is 33.6 Å². The molecule has 0 aliphatic carbocycles. The summed E-state index contributed by atoms with van der Waals surface area (Å²) in [7, 11) is 0. The third-order valence-corrected chi connectivity index (χ3v) is 4.00. The van der Waals surface area contributed by atoms with Crippen molar-refractivity contribution in [1.82, 2.24) is 10.3 Å². The van der Waals surface area contributed by atoms with Gasteiger partial charge in [0.2, 0.25) is 0 Å². The molecule has 1 aromatic heterocycles. The van der Waals surface area contributed by atoms with Crippen molar-refractivity contribution in [2.75, 3.05) is 13.1 Å². The van der Waals surface area contributed by atoms with Crippen LogP contribution in [0.3, 0.4) is 0 Å². The molecule has 0 saturated carbocycles. The summed E-state index contributed by atoms with van der Waals surface area (Å²) in [6.07, 6.45) is 2.48. The number of hydrogen-bond donors (Lipinski definition) is 1. The standard InChI is InChI=1S/C12H20N2S/c1-9(2)4-12(7-13-8-12)5-11-14-10(3)6-15-11/h6,9,13H,4-5,7-8H2,1-3H3. The molecule has 0 unspecified atom stereocenters. The summed E-state index contributed by atoms with van der Waals surface area (Å²) >= 11 is 1.81. The number of rotatable bonds is 4. The van der Waals surface area contributed by atoms with Crippen molar-refractivity contribution in [3.63, 3.8) is 0 Å². The normalized spacial score (nSPS) is 19.2. The van der Waals surface area contributed by atoms with Gasteiger partial charge in [-0.05, 0) is 19.3 Å². The zero-order chi connectivity index (χ0) is 10.9. The van der Waals surface area contributed by atoms with Crippen molar-refractivity contribution >= 4 is 11.3 Å².